The summed E-state index contributed by atoms with van der Waals surface area (Å²) in [5, 5.41) is 2.62. The second kappa shape index (κ2) is 8.29. The Hall–Kier alpha value is -2.04. The van der Waals surface area contributed by atoms with Gasteiger partial charge in [0.2, 0.25) is 0 Å². The molecule has 1 atom stereocenters. The molecule has 5 nitrogen and oxygen atoms in total. The molecule has 1 amide bonds. The third kappa shape index (κ3) is 4.77. The molecule has 0 saturated heterocycles. The van der Waals surface area contributed by atoms with E-state index in [-0.39, 0.29) is 5.91 Å². The van der Waals surface area contributed by atoms with E-state index in [4.69, 9.17) is 4.74 Å². The fraction of sp³-hybridized carbons (Fsp3) is 0.500. The van der Waals surface area contributed by atoms with Crippen molar-refractivity contribution in [3.63, 3.8) is 0 Å². The highest BCUT2D eigenvalue weighted by molar-refractivity contribution is 5.92. The summed E-state index contributed by atoms with van der Waals surface area (Å²) in [4.78, 5) is 25.7. The first-order valence-corrected chi connectivity index (χ1v) is 7.37. The number of nitrogens with one attached hydrogen (secondary N) is 1. The van der Waals surface area contributed by atoms with E-state index in [2.05, 4.69) is 24.1 Å². The van der Waals surface area contributed by atoms with Crippen molar-refractivity contribution in [1.29, 1.82) is 0 Å². The van der Waals surface area contributed by atoms with Gasteiger partial charge < -0.3 is 15.0 Å². The number of likely N-dealkylation sites (N-methyl/N-ethyl adjacent to an activating group) is 1. The second-order valence-corrected chi connectivity index (χ2v) is 4.66. The SMILES string of the molecule is CCNC(=O)[C@H](C)OC(=O)c1ccc(N(CC)CC)cc1. The van der Waals surface area contributed by atoms with Crippen molar-refractivity contribution in [3.05, 3.63) is 29.8 Å². The summed E-state index contributed by atoms with van der Waals surface area (Å²) in [6, 6.07) is 7.22. The third-order valence-electron chi connectivity index (χ3n) is 3.24. The van der Waals surface area contributed by atoms with E-state index >= 15 is 0 Å². The van der Waals surface area contributed by atoms with Gasteiger partial charge in [-0.2, -0.15) is 0 Å². The number of carbonyl (C=O) groups is 2. The predicted octanol–water partition coefficient (Wildman–Crippen LogP) is 2.21. The normalized spacial score (nSPS) is 11.6. The van der Waals surface area contributed by atoms with Gasteiger partial charge in [-0.3, -0.25) is 4.79 Å². The van der Waals surface area contributed by atoms with Gasteiger partial charge in [-0.1, -0.05) is 0 Å². The highest BCUT2D eigenvalue weighted by Gasteiger charge is 2.18. The summed E-state index contributed by atoms with van der Waals surface area (Å²) < 4.78 is 5.14. The lowest BCUT2D eigenvalue weighted by molar-refractivity contribution is -0.128. The number of benzene rings is 1. The van der Waals surface area contributed by atoms with E-state index in [1.165, 1.54) is 0 Å². The van der Waals surface area contributed by atoms with Crippen LogP contribution in [0.4, 0.5) is 5.69 Å². The summed E-state index contributed by atoms with van der Waals surface area (Å²) in [7, 11) is 0. The van der Waals surface area contributed by atoms with Gasteiger partial charge in [-0.25, -0.2) is 4.79 Å². The molecule has 1 N–H and O–H groups in total. The van der Waals surface area contributed by atoms with Crippen molar-refractivity contribution in [2.75, 3.05) is 24.5 Å². The first-order valence-electron chi connectivity index (χ1n) is 7.37. The number of anilines is 1. The van der Waals surface area contributed by atoms with Gasteiger partial charge in [-0.05, 0) is 52.0 Å². The number of ether oxygens (including phenoxy) is 1. The fourth-order valence-electron chi connectivity index (χ4n) is 2.00. The molecule has 0 unspecified atom stereocenters. The average molecular weight is 292 g/mol. The smallest absolute Gasteiger partial charge is 0.338 e. The van der Waals surface area contributed by atoms with Gasteiger partial charge in [0.15, 0.2) is 6.10 Å². The molecule has 1 rings (SSSR count). The number of esters is 1. The second-order valence-electron chi connectivity index (χ2n) is 4.66. The molecular weight excluding hydrogens is 268 g/mol. The number of hydrogen-bond donors (Lipinski definition) is 1. The predicted molar refractivity (Wildman–Crippen MR) is 83.6 cm³/mol. The van der Waals surface area contributed by atoms with E-state index in [0.717, 1.165) is 18.8 Å². The molecule has 0 aliphatic rings. The van der Waals surface area contributed by atoms with Gasteiger partial charge in [0.25, 0.3) is 5.91 Å². The zero-order valence-corrected chi connectivity index (χ0v) is 13.2. The van der Waals surface area contributed by atoms with Crippen molar-refractivity contribution in [1.82, 2.24) is 5.32 Å². The van der Waals surface area contributed by atoms with Crippen LogP contribution < -0.4 is 10.2 Å². The zero-order valence-electron chi connectivity index (χ0n) is 13.2. The van der Waals surface area contributed by atoms with Crippen LogP contribution >= 0.6 is 0 Å². The van der Waals surface area contributed by atoms with Crippen LogP contribution in [0.25, 0.3) is 0 Å². The first kappa shape index (κ1) is 17.0. The van der Waals surface area contributed by atoms with E-state index in [0.29, 0.717) is 12.1 Å². The molecule has 0 aliphatic carbocycles. The quantitative estimate of drug-likeness (QED) is 0.783. The minimum Gasteiger partial charge on any atom is -0.449 e. The molecule has 0 radical (unpaired) electrons. The van der Waals surface area contributed by atoms with Gasteiger partial charge in [0, 0.05) is 25.3 Å². The van der Waals surface area contributed by atoms with E-state index in [9.17, 15) is 9.59 Å². The topological polar surface area (TPSA) is 58.6 Å². The highest BCUT2D eigenvalue weighted by atomic mass is 16.5. The monoisotopic (exact) mass is 292 g/mol. The fourth-order valence-corrected chi connectivity index (χ4v) is 2.00. The summed E-state index contributed by atoms with van der Waals surface area (Å²) >= 11 is 0. The lowest BCUT2D eigenvalue weighted by atomic mass is 10.2. The molecule has 0 fully saturated rings. The lowest BCUT2D eigenvalue weighted by Gasteiger charge is -2.21. The Morgan fingerprint density at radius 2 is 1.71 bits per heavy atom. The minimum atomic E-state index is -0.792. The molecule has 5 heteroatoms. The van der Waals surface area contributed by atoms with Crippen molar-refractivity contribution >= 4 is 17.6 Å². The Balaban J connectivity index is 2.69. The summed E-state index contributed by atoms with van der Waals surface area (Å²) in [6.07, 6.45) is -0.792. The highest BCUT2D eigenvalue weighted by Crippen LogP contribution is 2.15. The van der Waals surface area contributed by atoms with E-state index in [1.54, 1.807) is 19.1 Å². The number of nitrogens with zero attached hydrogens (tertiary/aromatic N) is 1. The number of carbonyl (C=O) groups excluding carboxylic acids is 2. The van der Waals surface area contributed by atoms with Gasteiger partial charge in [-0.15, -0.1) is 0 Å². The average Bonchev–Trinajstić information content (AvgIpc) is 2.49. The molecule has 0 heterocycles. The first-order chi connectivity index (χ1) is 10.0. The molecular formula is C16H24N2O3. The standard InChI is InChI=1S/C16H24N2O3/c1-5-17-15(19)12(4)21-16(20)13-8-10-14(11-9-13)18(6-2)7-3/h8-12H,5-7H2,1-4H3,(H,17,19)/t12-/m0/s1. The van der Waals surface area contributed by atoms with Crippen molar-refractivity contribution in [2.45, 2.75) is 33.8 Å². The maximum atomic E-state index is 12.0. The minimum absolute atomic E-state index is 0.286. The Kier molecular flexibility index (Phi) is 6.72. The van der Waals surface area contributed by atoms with Crippen LogP contribution in [-0.4, -0.2) is 37.6 Å². The Morgan fingerprint density at radius 3 is 2.19 bits per heavy atom. The van der Waals surface area contributed by atoms with Gasteiger partial charge >= 0.3 is 5.97 Å². The van der Waals surface area contributed by atoms with Crippen LogP contribution in [0.5, 0.6) is 0 Å². The number of rotatable bonds is 7. The molecule has 0 spiro atoms. The maximum Gasteiger partial charge on any atom is 0.338 e. The van der Waals surface area contributed by atoms with Crippen LogP contribution in [0.2, 0.25) is 0 Å². The van der Waals surface area contributed by atoms with Crippen LogP contribution in [0, 0.1) is 0 Å². The molecule has 1 aromatic rings. The van der Waals surface area contributed by atoms with E-state index in [1.807, 2.05) is 19.1 Å². The van der Waals surface area contributed by atoms with Gasteiger partial charge in [0.05, 0.1) is 5.56 Å². The summed E-state index contributed by atoms with van der Waals surface area (Å²) in [5.74, 6) is -0.773. The molecule has 1 aromatic carbocycles. The third-order valence-corrected chi connectivity index (χ3v) is 3.24. The molecule has 21 heavy (non-hydrogen) atoms. The van der Waals surface area contributed by atoms with Crippen LogP contribution in [0.3, 0.4) is 0 Å². The van der Waals surface area contributed by atoms with Crippen molar-refractivity contribution < 1.29 is 14.3 Å². The van der Waals surface area contributed by atoms with Crippen LogP contribution in [0.1, 0.15) is 38.1 Å². The Bertz CT molecular complexity index is 467. The molecule has 116 valence electrons. The van der Waals surface area contributed by atoms with Gasteiger partial charge in [0.1, 0.15) is 0 Å². The lowest BCUT2D eigenvalue weighted by Crippen LogP contribution is -2.35. The summed E-state index contributed by atoms with van der Waals surface area (Å²) in [6.45, 7) is 9.88. The molecule has 0 aromatic heterocycles. The molecule has 0 saturated carbocycles. The largest absolute Gasteiger partial charge is 0.449 e. The Morgan fingerprint density at radius 1 is 1.14 bits per heavy atom. The summed E-state index contributed by atoms with van der Waals surface area (Å²) in [5.41, 5.74) is 1.51. The van der Waals surface area contributed by atoms with Crippen molar-refractivity contribution in [3.8, 4) is 0 Å². The number of amides is 1. The maximum absolute atomic E-state index is 12.0. The van der Waals surface area contributed by atoms with Crippen LogP contribution in [0.15, 0.2) is 24.3 Å². The molecule has 0 bridgehead atoms. The Labute approximate surface area is 126 Å². The molecule has 0 aliphatic heterocycles. The number of hydrogen-bond acceptors (Lipinski definition) is 4. The van der Waals surface area contributed by atoms with E-state index < -0.39 is 12.1 Å². The van der Waals surface area contributed by atoms with Crippen molar-refractivity contribution in [2.24, 2.45) is 0 Å². The van der Waals surface area contributed by atoms with Crippen LogP contribution in [-0.2, 0) is 9.53 Å². The zero-order chi connectivity index (χ0) is 15.8.